The van der Waals surface area contributed by atoms with Crippen molar-refractivity contribution in [3.05, 3.63) is 0 Å². The predicted octanol–water partition coefficient (Wildman–Crippen LogP) is 1.91. The Labute approximate surface area is 84.4 Å². The fraction of sp³-hybridized carbons (Fsp3) is 0.909. The zero-order valence-corrected chi connectivity index (χ0v) is 8.66. The van der Waals surface area contributed by atoms with Crippen LogP contribution in [0.2, 0.25) is 0 Å². The van der Waals surface area contributed by atoms with Gasteiger partial charge in [-0.25, -0.2) is 0 Å². The number of carbonyl (C=O) groups is 1. The van der Waals surface area contributed by atoms with Crippen LogP contribution in [-0.4, -0.2) is 24.3 Å². The molecule has 2 fully saturated rings. The van der Waals surface area contributed by atoms with Gasteiger partial charge in [-0.15, -0.1) is 0 Å². The van der Waals surface area contributed by atoms with Crippen molar-refractivity contribution in [2.24, 2.45) is 17.3 Å². The van der Waals surface area contributed by atoms with Gasteiger partial charge in [-0.1, -0.05) is 13.3 Å². The van der Waals surface area contributed by atoms with Gasteiger partial charge in [-0.2, -0.15) is 0 Å². The SMILES string of the molecule is CC(CC1(C2CCC2)COC1)C(=O)O. The standard InChI is InChI=1S/C11H18O3/c1-8(10(12)13)5-11(6-14-7-11)9-3-2-4-9/h8-9H,2-7H2,1H3,(H,12,13). The Morgan fingerprint density at radius 3 is 2.50 bits per heavy atom. The van der Waals surface area contributed by atoms with E-state index in [0.717, 1.165) is 25.6 Å². The summed E-state index contributed by atoms with van der Waals surface area (Å²) < 4.78 is 5.28. The minimum absolute atomic E-state index is 0.218. The van der Waals surface area contributed by atoms with Crippen LogP contribution in [-0.2, 0) is 9.53 Å². The van der Waals surface area contributed by atoms with E-state index < -0.39 is 5.97 Å². The van der Waals surface area contributed by atoms with E-state index in [1.54, 1.807) is 6.92 Å². The monoisotopic (exact) mass is 198 g/mol. The molecule has 0 aromatic rings. The maximum atomic E-state index is 10.8. The third kappa shape index (κ3) is 1.54. The number of hydrogen-bond acceptors (Lipinski definition) is 2. The van der Waals surface area contributed by atoms with Gasteiger partial charge in [0.05, 0.1) is 19.1 Å². The molecule has 3 heteroatoms. The number of carboxylic acids is 1. The van der Waals surface area contributed by atoms with Crippen molar-refractivity contribution in [2.75, 3.05) is 13.2 Å². The second-order valence-electron chi connectivity index (χ2n) is 4.93. The molecule has 0 aromatic heterocycles. The van der Waals surface area contributed by atoms with Crippen LogP contribution >= 0.6 is 0 Å². The highest BCUT2D eigenvalue weighted by Gasteiger charge is 2.48. The van der Waals surface area contributed by atoms with Gasteiger partial charge in [-0.3, -0.25) is 4.79 Å². The molecule has 1 saturated heterocycles. The molecule has 2 aliphatic rings. The second-order valence-corrected chi connectivity index (χ2v) is 4.93. The van der Waals surface area contributed by atoms with Gasteiger partial charge in [0.25, 0.3) is 0 Å². The molecule has 1 unspecified atom stereocenters. The van der Waals surface area contributed by atoms with E-state index >= 15 is 0 Å². The smallest absolute Gasteiger partial charge is 0.306 e. The molecule has 0 radical (unpaired) electrons. The summed E-state index contributed by atoms with van der Waals surface area (Å²) in [5, 5.41) is 8.90. The molecule has 0 spiro atoms. The van der Waals surface area contributed by atoms with Gasteiger partial charge >= 0.3 is 5.97 Å². The van der Waals surface area contributed by atoms with E-state index in [0.29, 0.717) is 0 Å². The van der Waals surface area contributed by atoms with E-state index in [4.69, 9.17) is 9.84 Å². The predicted molar refractivity (Wildman–Crippen MR) is 52.0 cm³/mol. The Kier molecular flexibility index (Phi) is 2.52. The lowest BCUT2D eigenvalue weighted by Gasteiger charge is -2.51. The number of carboxylic acid groups (broad SMARTS) is 1. The van der Waals surface area contributed by atoms with Gasteiger partial charge in [0, 0.05) is 5.41 Å². The van der Waals surface area contributed by atoms with Gasteiger partial charge in [0.1, 0.15) is 0 Å². The van der Waals surface area contributed by atoms with E-state index in [-0.39, 0.29) is 11.3 Å². The summed E-state index contributed by atoms with van der Waals surface area (Å²) in [6.45, 7) is 3.38. The summed E-state index contributed by atoms with van der Waals surface area (Å²) in [5.41, 5.74) is 0.218. The molecule has 1 heterocycles. The first-order valence-electron chi connectivity index (χ1n) is 5.45. The molecular weight excluding hydrogens is 180 g/mol. The van der Waals surface area contributed by atoms with Crippen LogP contribution in [0.15, 0.2) is 0 Å². The van der Waals surface area contributed by atoms with Crippen LogP contribution < -0.4 is 0 Å². The van der Waals surface area contributed by atoms with Gasteiger partial charge in [0.15, 0.2) is 0 Å². The fourth-order valence-corrected chi connectivity index (χ4v) is 2.60. The van der Waals surface area contributed by atoms with Crippen molar-refractivity contribution in [1.29, 1.82) is 0 Å². The van der Waals surface area contributed by atoms with Crippen LogP contribution in [0.5, 0.6) is 0 Å². The topological polar surface area (TPSA) is 46.5 Å². The largest absolute Gasteiger partial charge is 0.481 e. The van der Waals surface area contributed by atoms with Crippen molar-refractivity contribution >= 4 is 5.97 Å². The Bertz CT molecular complexity index is 229. The van der Waals surface area contributed by atoms with Gasteiger partial charge in [-0.05, 0) is 25.2 Å². The normalized spacial score (nSPS) is 27.5. The highest BCUT2D eigenvalue weighted by molar-refractivity contribution is 5.69. The third-order valence-electron chi connectivity index (χ3n) is 3.88. The van der Waals surface area contributed by atoms with Gasteiger partial charge in [0.2, 0.25) is 0 Å². The maximum Gasteiger partial charge on any atom is 0.306 e. The number of hydrogen-bond donors (Lipinski definition) is 1. The zero-order valence-electron chi connectivity index (χ0n) is 8.66. The molecule has 1 aliphatic carbocycles. The van der Waals surface area contributed by atoms with Crippen LogP contribution in [0, 0.1) is 17.3 Å². The zero-order chi connectivity index (χ0) is 10.2. The Morgan fingerprint density at radius 2 is 2.21 bits per heavy atom. The van der Waals surface area contributed by atoms with E-state index in [2.05, 4.69) is 0 Å². The Balaban J connectivity index is 1.94. The lowest BCUT2D eigenvalue weighted by molar-refractivity contribution is -0.177. The van der Waals surface area contributed by atoms with Crippen molar-refractivity contribution in [3.63, 3.8) is 0 Å². The molecule has 3 nitrogen and oxygen atoms in total. The first-order valence-corrected chi connectivity index (χ1v) is 5.45. The highest BCUT2D eigenvalue weighted by atomic mass is 16.5. The molecule has 1 aliphatic heterocycles. The summed E-state index contributed by atoms with van der Waals surface area (Å²) in [7, 11) is 0. The lowest BCUT2D eigenvalue weighted by Crippen LogP contribution is -2.52. The molecule has 1 saturated carbocycles. The summed E-state index contributed by atoms with van der Waals surface area (Å²) in [6, 6.07) is 0. The van der Waals surface area contributed by atoms with Crippen LogP contribution in [0.3, 0.4) is 0 Å². The van der Waals surface area contributed by atoms with Crippen molar-refractivity contribution in [2.45, 2.75) is 32.6 Å². The van der Waals surface area contributed by atoms with E-state index in [1.807, 2.05) is 0 Å². The molecule has 0 bridgehead atoms. The summed E-state index contributed by atoms with van der Waals surface area (Å²) in [6.07, 6.45) is 4.66. The first-order chi connectivity index (χ1) is 6.64. The number of ether oxygens (including phenoxy) is 1. The molecule has 0 aromatic carbocycles. The summed E-state index contributed by atoms with van der Waals surface area (Å²) in [4.78, 5) is 10.8. The van der Waals surface area contributed by atoms with Crippen molar-refractivity contribution in [1.82, 2.24) is 0 Å². The van der Waals surface area contributed by atoms with E-state index in [9.17, 15) is 4.79 Å². The Hall–Kier alpha value is -0.570. The van der Waals surface area contributed by atoms with Crippen molar-refractivity contribution in [3.8, 4) is 0 Å². The maximum absolute atomic E-state index is 10.8. The quantitative estimate of drug-likeness (QED) is 0.750. The van der Waals surface area contributed by atoms with Crippen LogP contribution in [0.4, 0.5) is 0 Å². The van der Waals surface area contributed by atoms with Crippen LogP contribution in [0.1, 0.15) is 32.6 Å². The Morgan fingerprint density at radius 1 is 1.57 bits per heavy atom. The fourth-order valence-electron chi connectivity index (χ4n) is 2.60. The molecule has 2 rings (SSSR count). The first kappa shape index (κ1) is 9.97. The summed E-state index contributed by atoms with van der Waals surface area (Å²) in [5.74, 6) is -0.159. The highest BCUT2D eigenvalue weighted by Crippen LogP contribution is 2.50. The summed E-state index contributed by atoms with van der Waals surface area (Å²) >= 11 is 0. The second kappa shape index (κ2) is 3.54. The average molecular weight is 198 g/mol. The van der Waals surface area contributed by atoms with Gasteiger partial charge < -0.3 is 9.84 Å². The number of rotatable bonds is 4. The molecular formula is C11H18O3. The molecule has 1 atom stereocenters. The molecule has 0 amide bonds. The third-order valence-corrected chi connectivity index (χ3v) is 3.88. The molecule has 80 valence electrons. The molecule has 14 heavy (non-hydrogen) atoms. The average Bonchev–Trinajstić information content (AvgIpc) is 1.96. The minimum atomic E-state index is -0.671. The molecule has 1 N–H and O–H groups in total. The van der Waals surface area contributed by atoms with E-state index in [1.165, 1.54) is 19.3 Å². The van der Waals surface area contributed by atoms with Crippen LogP contribution in [0.25, 0.3) is 0 Å². The van der Waals surface area contributed by atoms with Crippen molar-refractivity contribution < 1.29 is 14.6 Å². The minimum Gasteiger partial charge on any atom is -0.481 e. The lowest BCUT2D eigenvalue weighted by atomic mass is 9.61. The number of aliphatic carboxylic acids is 1.